The van der Waals surface area contributed by atoms with Gasteiger partial charge in [-0.2, -0.15) is 0 Å². The van der Waals surface area contributed by atoms with Gasteiger partial charge in [-0.05, 0) is 37.8 Å². The van der Waals surface area contributed by atoms with Gasteiger partial charge >= 0.3 is 0 Å². The first-order valence-electron chi connectivity index (χ1n) is 6.61. The normalized spacial score (nSPS) is 23.4. The largest absolute Gasteiger partial charge is 0.490 e. The van der Waals surface area contributed by atoms with Crippen LogP contribution in [0.2, 0.25) is 0 Å². The fraction of sp³-hybridized carbons (Fsp3) is 0.600. The van der Waals surface area contributed by atoms with Crippen LogP contribution in [0.15, 0.2) is 18.2 Å². The van der Waals surface area contributed by atoms with E-state index in [1.165, 1.54) is 5.56 Å². The van der Waals surface area contributed by atoms with Gasteiger partial charge in [0.2, 0.25) is 0 Å². The number of aryl methyl sites for hydroxylation is 1. The van der Waals surface area contributed by atoms with E-state index < -0.39 is 0 Å². The van der Waals surface area contributed by atoms with E-state index in [4.69, 9.17) is 4.74 Å². The summed E-state index contributed by atoms with van der Waals surface area (Å²) in [7, 11) is 0. The summed E-state index contributed by atoms with van der Waals surface area (Å²) in [6.07, 6.45) is 2.73. The van der Waals surface area contributed by atoms with Crippen LogP contribution in [0, 0.1) is 12.8 Å². The molecule has 0 radical (unpaired) electrons. The molecule has 94 valence electrons. The van der Waals surface area contributed by atoms with E-state index in [0.29, 0.717) is 5.92 Å². The average Bonchev–Trinajstić information content (AvgIpc) is 2.32. The second-order valence-electron chi connectivity index (χ2n) is 5.03. The van der Waals surface area contributed by atoms with Crippen molar-refractivity contribution in [2.45, 2.75) is 52.2 Å². The molecule has 1 heterocycles. The molecule has 2 atom stereocenters. The molecule has 0 bridgehead atoms. The Labute approximate surface area is 104 Å². The van der Waals surface area contributed by atoms with Gasteiger partial charge in [0.15, 0.2) is 0 Å². The fourth-order valence-corrected chi connectivity index (χ4v) is 2.70. The number of fused-ring (bicyclic) bond motifs is 1. The van der Waals surface area contributed by atoms with Gasteiger partial charge in [0, 0.05) is 12.0 Å². The summed E-state index contributed by atoms with van der Waals surface area (Å²) < 4.78 is 6.04. The third-order valence-corrected chi connectivity index (χ3v) is 3.83. The topological polar surface area (TPSA) is 29.5 Å². The SMILES string of the molecule is CCC(CC)C1CC(O)c2cc(C)ccc2O1. The predicted octanol–water partition coefficient (Wildman–Crippen LogP) is 3.62. The summed E-state index contributed by atoms with van der Waals surface area (Å²) >= 11 is 0. The number of rotatable bonds is 3. The monoisotopic (exact) mass is 234 g/mol. The third-order valence-electron chi connectivity index (χ3n) is 3.83. The number of aliphatic hydroxyl groups is 1. The summed E-state index contributed by atoms with van der Waals surface area (Å²) in [5.74, 6) is 1.41. The highest BCUT2D eigenvalue weighted by Gasteiger charge is 2.30. The molecule has 1 aliphatic rings. The molecule has 0 saturated carbocycles. The molecule has 2 nitrogen and oxygen atoms in total. The maximum atomic E-state index is 10.2. The molecule has 2 unspecified atom stereocenters. The van der Waals surface area contributed by atoms with E-state index in [0.717, 1.165) is 30.6 Å². The second kappa shape index (κ2) is 5.09. The van der Waals surface area contributed by atoms with Gasteiger partial charge in [0.05, 0.1) is 6.10 Å². The number of ether oxygens (including phenoxy) is 1. The van der Waals surface area contributed by atoms with Crippen LogP contribution in [0.25, 0.3) is 0 Å². The van der Waals surface area contributed by atoms with Crippen molar-refractivity contribution in [1.82, 2.24) is 0 Å². The molecule has 17 heavy (non-hydrogen) atoms. The number of hydrogen-bond donors (Lipinski definition) is 1. The molecule has 1 N–H and O–H groups in total. The van der Waals surface area contributed by atoms with Gasteiger partial charge in [-0.1, -0.05) is 25.5 Å². The van der Waals surface area contributed by atoms with Gasteiger partial charge in [-0.3, -0.25) is 0 Å². The minimum Gasteiger partial charge on any atom is -0.490 e. The molecule has 1 aromatic carbocycles. The molecule has 0 saturated heterocycles. The van der Waals surface area contributed by atoms with Crippen LogP contribution in [0.5, 0.6) is 5.75 Å². The maximum absolute atomic E-state index is 10.2. The van der Waals surface area contributed by atoms with Crippen LogP contribution >= 0.6 is 0 Å². The second-order valence-corrected chi connectivity index (χ2v) is 5.03. The lowest BCUT2D eigenvalue weighted by Gasteiger charge is -2.34. The summed E-state index contributed by atoms with van der Waals surface area (Å²) in [4.78, 5) is 0. The molecule has 0 aromatic heterocycles. The zero-order valence-electron chi connectivity index (χ0n) is 10.9. The standard InChI is InChI=1S/C15H22O2/c1-4-11(5-2)15-9-13(16)12-8-10(3)6-7-14(12)17-15/h6-8,11,13,15-16H,4-5,9H2,1-3H3. The average molecular weight is 234 g/mol. The molecule has 0 amide bonds. The highest BCUT2D eigenvalue weighted by molar-refractivity contribution is 5.40. The summed E-state index contributed by atoms with van der Waals surface area (Å²) in [6, 6.07) is 6.06. The minimum absolute atomic E-state index is 0.162. The van der Waals surface area contributed by atoms with Crippen molar-refractivity contribution in [3.8, 4) is 5.75 Å². The molecule has 1 aromatic rings. The van der Waals surface area contributed by atoms with E-state index in [2.05, 4.69) is 13.8 Å². The van der Waals surface area contributed by atoms with Crippen LogP contribution in [0.4, 0.5) is 0 Å². The van der Waals surface area contributed by atoms with Gasteiger partial charge < -0.3 is 9.84 Å². The number of aliphatic hydroxyl groups excluding tert-OH is 1. The Morgan fingerprint density at radius 3 is 2.71 bits per heavy atom. The molecule has 1 aliphatic heterocycles. The van der Waals surface area contributed by atoms with Crippen LogP contribution in [-0.4, -0.2) is 11.2 Å². The quantitative estimate of drug-likeness (QED) is 0.865. The van der Waals surface area contributed by atoms with E-state index in [-0.39, 0.29) is 12.2 Å². The molecular formula is C15H22O2. The Morgan fingerprint density at radius 1 is 1.35 bits per heavy atom. The summed E-state index contributed by atoms with van der Waals surface area (Å²) in [5, 5.41) is 10.2. The van der Waals surface area contributed by atoms with Crippen LogP contribution in [0.1, 0.15) is 50.3 Å². The first-order chi connectivity index (χ1) is 8.15. The predicted molar refractivity (Wildman–Crippen MR) is 69.2 cm³/mol. The molecule has 2 rings (SSSR count). The lowest BCUT2D eigenvalue weighted by molar-refractivity contribution is 0.0317. The Kier molecular flexibility index (Phi) is 3.72. The van der Waals surface area contributed by atoms with Gasteiger partial charge in [-0.15, -0.1) is 0 Å². The van der Waals surface area contributed by atoms with E-state index in [1.807, 2.05) is 25.1 Å². The zero-order chi connectivity index (χ0) is 12.4. The number of hydrogen-bond acceptors (Lipinski definition) is 2. The van der Waals surface area contributed by atoms with Crippen molar-refractivity contribution in [3.05, 3.63) is 29.3 Å². The zero-order valence-corrected chi connectivity index (χ0v) is 10.9. The van der Waals surface area contributed by atoms with Crippen molar-refractivity contribution >= 4 is 0 Å². The van der Waals surface area contributed by atoms with Crippen molar-refractivity contribution in [2.24, 2.45) is 5.92 Å². The Hall–Kier alpha value is -1.02. The number of benzene rings is 1. The van der Waals surface area contributed by atoms with Crippen molar-refractivity contribution in [3.63, 3.8) is 0 Å². The third kappa shape index (κ3) is 2.47. The maximum Gasteiger partial charge on any atom is 0.125 e. The summed E-state index contributed by atoms with van der Waals surface area (Å²) in [6.45, 7) is 6.42. The molecule has 0 aliphatic carbocycles. The smallest absolute Gasteiger partial charge is 0.125 e. The van der Waals surface area contributed by atoms with Crippen molar-refractivity contribution in [1.29, 1.82) is 0 Å². The van der Waals surface area contributed by atoms with Crippen molar-refractivity contribution < 1.29 is 9.84 Å². The van der Waals surface area contributed by atoms with E-state index >= 15 is 0 Å². The summed E-state index contributed by atoms with van der Waals surface area (Å²) in [5.41, 5.74) is 2.12. The minimum atomic E-state index is -0.371. The van der Waals surface area contributed by atoms with Crippen LogP contribution in [0.3, 0.4) is 0 Å². The van der Waals surface area contributed by atoms with Gasteiger partial charge in [0.25, 0.3) is 0 Å². The molecule has 2 heteroatoms. The van der Waals surface area contributed by atoms with Crippen LogP contribution in [-0.2, 0) is 0 Å². The lowest BCUT2D eigenvalue weighted by atomic mass is 9.88. The van der Waals surface area contributed by atoms with Gasteiger partial charge in [-0.25, -0.2) is 0 Å². The van der Waals surface area contributed by atoms with E-state index in [9.17, 15) is 5.11 Å². The Bertz CT molecular complexity index is 383. The lowest BCUT2D eigenvalue weighted by Crippen LogP contribution is -2.32. The molecular weight excluding hydrogens is 212 g/mol. The fourth-order valence-electron chi connectivity index (χ4n) is 2.70. The Morgan fingerprint density at radius 2 is 2.06 bits per heavy atom. The van der Waals surface area contributed by atoms with Crippen molar-refractivity contribution in [2.75, 3.05) is 0 Å². The van der Waals surface area contributed by atoms with E-state index in [1.54, 1.807) is 0 Å². The highest BCUT2D eigenvalue weighted by Crippen LogP contribution is 2.38. The molecule has 0 spiro atoms. The molecule has 0 fully saturated rings. The Balaban J connectivity index is 2.24. The highest BCUT2D eigenvalue weighted by atomic mass is 16.5. The van der Waals surface area contributed by atoms with Crippen LogP contribution < -0.4 is 4.74 Å². The first-order valence-corrected chi connectivity index (χ1v) is 6.61. The first kappa shape index (κ1) is 12.4. The van der Waals surface area contributed by atoms with Gasteiger partial charge in [0.1, 0.15) is 11.9 Å².